The van der Waals surface area contributed by atoms with Gasteiger partial charge in [0, 0.05) is 33.8 Å². The highest BCUT2D eigenvalue weighted by atomic mass is 35.5. The highest BCUT2D eigenvalue weighted by Crippen LogP contribution is 2.47. The number of nitrogens with zero attached hydrogens (tertiary/aromatic N) is 1. The Bertz CT molecular complexity index is 1450. The Kier molecular flexibility index (Phi) is 4.53. The fraction of sp³-hybridized carbons (Fsp3) is 0.304. The summed E-state index contributed by atoms with van der Waals surface area (Å²) >= 11 is 6.06. The number of H-pyrrole nitrogens is 2. The van der Waals surface area contributed by atoms with E-state index in [4.69, 9.17) is 16.3 Å². The molecule has 3 N–H and O–H groups in total. The van der Waals surface area contributed by atoms with E-state index in [1.807, 2.05) is 13.8 Å². The molecule has 0 bridgehead atoms. The normalized spacial score (nSPS) is 19.4. The van der Waals surface area contributed by atoms with Crippen LogP contribution in [0.1, 0.15) is 43.7 Å². The number of benzene rings is 1. The van der Waals surface area contributed by atoms with Crippen LogP contribution in [0.3, 0.4) is 0 Å². The molecular weight excluding hydrogens is 432 g/mol. The number of methoxy groups -OCH3 is 1. The van der Waals surface area contributed by atoms with Crippen LogP contribution >= 0.6 is 11.6 Å². The molecular formula is C23H21ClN4O4. The topological polar surface area (TPSA) is 117 Å². The van der Waals surface area contributed by atoms with Gasteiger partial charge in [-0.25, -0.2) is 0 Å². The molecule has 1 aromatic carbocycles. The number of pyridine rings is 1. The maximum absolute atomic E-state index is 13.3. The van der Waals surface area contributed by atoms with Crippen molar-refractivity contribution in [2.24, 2.45) is 5.41 Å². The summed E-state index contributed by atoms with van der Waals surface area (Å²) in [7, 11) is 1.40. The maximum atomic E-state index is 13.3. The molecule has 3 aromatic rings. The van der Waals surface area contributed by atoms with E-state index in [0.717, 1.165) is 5.39 Å². The lowest BCUT2D eigenvalue weighted by molar-refractivity contribution is -0.118. The number of hydrogen-bond acceptors (Lipinski definition) is 6. The van der Waals surface area contributed by atoms with Crippen LogP contribution in [0.2, 0.25) is 5.02 Å². The first kappa shape index (κ1) is 20.5. The number of aromatic nitrogens is 3. The number of aromatic amines is 2. The van der Waals surface area contributed by atoms with Crippen LogP contribution in [0.5, 0.6) is 6.01 Å². The van der Waals surface area contributed by atoms with E-state index in [9.17, 15) is 14.4 Å². The first-order valence-electron chi connectivity index (χ1n) is 10.2. The number of carbonyl (C=O) groups excluding carboxylic acids is 1. The molecule has 8 nitrogen and oxygen atoms in total. The van der Waals surface area contributed by atoms with Gasteiger partial charge in [-0.15, -0.1) is 0 Å². The van der Waals surface area contributed by atoms with Gasteiger partial charge < -0.3 is 15.0 Å². The van der Waals surface area contributed by atoms with Gasteiger partial charge in [0.1, 0.15) is 5.82 Å². The average Bonchev–Trinajstić information content (AvgIpc) is 2.70. The van der Waals surface area contributed by atoms with Crippen LogP contribution in [0.25, 0.3) is 10.9 Å². The van der Waals surface area contributed by atoms with Gasteiger partial charge in [0.05, 0.1) is 18.6 Å². The SMILES string of the molecule is COc1nc2c(c(=O)[nH]1)C(c1cc3ccc(Cl)cc3[nH]c1=O)C1=C(CC(C)(C)CC1=O)N2. The number of fused-ring (bicyclic) bond motifs is 2. The average molecular weight is 453 g/mol. The summed E-state index contributed by atoms with van der Waals surface area (Å²) in [6.45, 7) is 4.03. The molecule has 1 aliphatic heterocycles. The Morgan fingerprint density at radius 2 is 1.88 bits per heavy atom. The molecule has 0 radical (unpaired) electrons. The number of Topliss-reactive ketones (excluding diaryl/α,β-unsaturated/α-hetero) is 1. The number of nitrogens with one attached hydrogen (secondary N) is 3. The van der Waals surface area contributed by atoms with Crippen LogP contribution in [0.15, 0.2) is 45.1 Å². The Morgan fingerprint density at radius 3 is 2.62 bits per heavy atom. The molecule has 0 saturated heterocycles. The second kappa shape index (κ2) is 7.06. The first-order valence-corrected chi connectivity index (χ1v) is 10.6. The summed E-state index contributed by atoms with van der Waals surface area (Å²) in [4.78, 5) is 49.4. The third-order valence-electron chi connectivity index (χ3n) is 6.04. The predicted molar refractivity (Wildman–Crippen MR) is 122 cm³/mol. The third-order valence-corrected chi connectivity index (χ3v) is 6.28. The first-order chi connectivity index (χ1) is 15.2. The van der Waals surface area contributed by atoms with Crippen molar-refractivity contribution >= 4 is 34.1 Å². The molecule has 9 heteroatoms. The van der Waals surface area contributed by atoms with Crippen molar-refractivity contribution in [3.05, 3.63) is 72.4 Å². The fourth-order valence-electron chi connectivity index (χ4n) is 4.71. The van der Waals surface area contributed by atoms with Gasteiger partial charge in [-0.3, -0.25) is 19.4 Å². The molecule has 1 atom stereocenters. The molecule has 2 aliphatic rings. The monoisotopic (exact) mass is 452 g/mol. The van der Waals surface area contributed by atoms with Crippen molar-refractivity contribution in [2.75, 3.05) is 12.4 Å². The van der Waals surface area contributed by atoms with Gasteiger partial charge >= 0.3 is 0 Å². The summed E-state index contributed by atoms with van der Waals surface area (Å²) in [6, 6.07) is 6.94. The molecule has 0 amide bonds. The molecule has 32 heavy (non-hydrogen) atoms. The van der Waals surface area contributed by atoms with Crippen molar-refractivity contribution in [2.45, 2.75) is 32.6 Å². The quantitative estimate of drug-likeness (QED) is 0.548. The van der Waals surface area contributed by atoms with Gasteiger partial charge in [-0.2, -0.15) is 4.98 Å². The number of carbonyl (C=O) groups is 1. The van der Waals surface area contributed by atoms with Gasteiger partial charge in [0.15, 0.2) is 5.78 Å². The molecule has 164 valence electrons. The van der Waals surface area contributed by atoms with Gasteiger partial charge in [0.25, 0.3) is 17.1 Å². The number of rotatable bonds is 2. The van der Waals surface area contributed by atoms with Crippen LogP contribution < -0.4 is 21.2 Å². The van der Waals surface area contributed by atoms with E-state index in [2.05, 4.69) is 20.3 Å². The van der Waals surface area contributed by atoms with Crippen molar-refractivity contribution in [3.8, 4) is 6.01 Å². The number of allylic oxidation sites excluding steroid dienone is 2. The van der Waals surface area contributed by atoms with Crippen molar-refractivity contribution in [1.29, 1.82) is 0 Å². The minimum Gasteiger partial charge on any atom is -0.468 e. The fourth-order valence-corrected chi connectivity index (χ4v) is 4.88. The van der Waals surface area contributed by atoms with E-state index in [1.54, 1.807) is 24.3 Å². The predicted octanol–water partition coefficient (Wildman–Crippen LogP) is 3.47. The van der Waals surface area contributed by atoms with Crippen molar-refractivity contribution in [1.82, 2.24) is 15.0 Å². The summed E-state index contributed by atoms with van der Waals surface area (Å²) in [5.41, 5.74) is 1.10. The Hall–Kier alpha value is -3.39. The lowest BCUT2D eigenvalue weighted by Crippen LogP contribution is -2.38. The summed E-state index contributed by atoms with van der Waals surface area (Å²) < 4.78 is 5.12. The van der Waals surface area contributed by atoms with Crippen molar-refractivity contribution in [3.63, 3.8) is 0 Å². The molecule has 3 heterocycles. The lowest BCUT2D eigenvalue weighted by Gasteiger charge is -2.38. The van der Waals surface area contributed by atoms with Gasteiger partial charge in [0.2, 0.25) is 0 Å². The summed E-state index contributed by atoms with van der Waals surface area (Å²) in [5.74, 6) is -0.656. The number of ketones is 1. The Morgan fingerprint density at radius 1 is 1.09 bits per heavy atom. The molecule has 1 unspecified atom stereocenters. The number of anilines is 1. The second-order valence-electron chi connectivity index (χ2n) is 9.01. The number of halogens is 1. The van der Waals surface area contributed by atoms with E-state index in [-0.39, 0.29) is 28.6 Å². The minimum atomic E-state index is -0.851. The molecule has 0 spiro atoms. The van der Waals surface area contributed by atoms with Crippen LogP contribution in [0.4, 0.5) is 5.82 Å². The zero-order valence-corrected chi connectivity index (χ0v) is 18.5. The van der Waals surface area contributed by atoms with Crippen LogP contribution in [0, 0.1) is 5.41 Å². The Labute approximate surface area is 187 Å². The van der Waals surface area contributed by atoms with E-state index < -0.39 is 17.0 Å². The summed E-state index contributed by atoms with van der Waals surface area (Å²) in [5, 5.41) is 4.42. The molecule has 1 aliphatic carbocycles. The highest BCUT2D eigenvalue weighted by molar-refractivity contribution is 6.31. The van der Waals surface area contributed by atoms with Crippen LogP contribution in [-0.2, 0) is 4.79 Å². The summed E-state index contributed by atoms with van der Waals surface area (Å²) in [6.07, 6.45) is 0.907. The van der Waals surface area contributed by atoms with Gasteiger partial charge in [-0.1, -0.05) is 31.5 Å². The smallest absolute Gasteiger partial charge is 0.298 e. The molecule has 5 rings (SSSR count). The third kappa shape index (κ3) is 3.22. The largest absolute Gasteiger partial charge is 0.468 e. The number of ether oxygens (including phenoxy) is 1. The zero-order valence-electron chi connectivity index (χ0n) is 17.8. The van der Waals surface area contributed by atoms with E-state index in [1.165, 1.54) is 7.11 Å². The van der Waals surface area contributed by atoms with Crippen LogP contribution in [-0.4, -0.2) is 27.8 Å². The van der Waals surface area contributed by atoms with Crippen molar-refractivity contribution < 1.29 is 9.53 Å². The minimum absolute atomic E-state index is 0.0486. The number of hydrogen-bond donors (Lipinski definition) is 3. The Balaban J connectivity index is 1.82. The molecule has 0 fully saturated rings. The zero-order chi connectivity index (χ0) is 22.8. The molecule has 2 aromatic heterocycles. The highest BCUT2D eigenvalue weighted by Gasteiger charge is 2.43. The maximum Gasteiger partial charge on any atom is 0.298 e. The second-order valence-corrected chi connectivity index (χ2v) is 9.45. The molecule has 0 saturated carbocycles. The van der Waals surface area contributed by atoms with E-state index in [0.29, 0.717) is 40.2 Å². The lowest BCUT2D eigenvalue weighted by atomic mass is 9.69. The van der Waals surface area contributed by atoms with E-state index >= 15 is 0 Å². The van der Waals surface area contributed by atoms with Gasteiger partial charge in [-0.05, 0) is 35.4 Å². The standard InChI is InChI=1S/C23H21ClN4O4/c1-23(2)8-14-17(15(29)9-23)16(18-19(25-14)27-22(32-3)28-21(18)31)12-6-10-4-5-11(24)7-13(10)26-20(12)30/h4-7,16H,8-9H2,1-3H3,(H,26,30)(H2,25,27,28,31).